The number of hydrogen-bond acceptors (Lipinski definition) is 3. The van der Waals surface area contributed by atoms with E-state index in [2.05, 4.69) is 21.4 Å². The van der Waals surface area contributed by atoms with Crippen LogP contribution in [-0.2, 0) is 6.42 Å². The molecule has 0 aliphatic heterocycles. The van der Waals surface area contributed by atoms with Gasteiger partial charge in [-0.15, -0.1) is 0 Å². The molecule has 0 spiro atoms. The Morgan fingerprint density at radius 1 is 0.952 bits per heavy atom. The van der Waals surface area contributed by atoms with Gasteiger partial charge in [0.25, 0.3) is 0 Å². The van der Waals surface area contributed by atoms with E-state index >= 15 is 0 Å². The van der Waals surface area contributed by atoms with Crippen LogP contribution in [0.5, 0.6) is 0 Å². The smallest absolute Gasteiger partial charge is 0.224 e. The topological polar surface area (TPSA) is 37.8 Å². The highest BCUT2D eigenvalue weighted by atomic mass is 35.5. The predicted molar refractivity (Wildman–Crippen MR) is 88.2 cm³/mol. The summed E-state index contributed by atoms with van der Waals surface area (Å²) >= 11 is 11.9. The van der Waals surface area contributed by atoms with Gasteiger partial charge in [-0.05, 0) is 47.9 Å². The summed E-state index contributed by atoms with van der Waals surface area (Å²) in [6.07, 6.45) is 0.858. The van der Waals surface area contributed by atoms with Crippen LogP contribution in [-0.4, -0.2) is 16.5 Å². The zero-order chi connectivity index (χ0) is 14.7. The normalized spacial score (nSPS) is 10.8. The molecule has 21 heavy (non-hydrogen) atoms. The van der Waals surface area contributed by atoms with Crippen molar-refractivity contribution in [2.75, 3.05) is 11.9 Å². The summed E-state index contributed by atoms with van der Waals surface area (Å²) in [6, 6.07) is 15.6. The average molecular weight is 318 g/mol. The van der Waals surface area contributed by atoms with Gasteiger partial charge >= 0.3 is 0 Å². The van der Waals surface area contributed by atoms with Crippen molar-refractivity contribution < 1.29 is 0 Å². The van der Waals surface area contributed by atoms with Gasteiger partial charge in [0.1, 0.15) is 5.82 Å². The maximum Gasteiger partial charge on any atom is 0.224 e. The number of benzene rings is 2. The van der Waals surface area contributed by atoms with E-state index in [0.29, 0.717) is 0 Å². The third-order valence-electron chi connectivity index (χ3n) is 3.17. The fourth-order valence-electron chi connectivity index (χ4n) is 2.20. The lowest BCUT2D eigenvalue weighted by Gasteiger charge is -2.09. The molecule has 5 heteroatoms. The van der Waals surface area contributed by atoms with Gasteiger partial charge in [0.15, 0.2) is 0 Å². The number of hydrogen-bond donors (Lipinski definition) is 1. The number of halogens is 2. The molecule has 106 valence electrons. The summed E-state index contributed by atoms with van der Waals surface area (Å²) in [4.78, 5) is 8.48. The van der Waals surface area contributed by atoms with Crippen LogP contribution in [0.3, 0.4) is 0 Å². The Hall–Kier alpha value is -1.84. The molecule has 0 aliphatic rings. The van der Waals surface area contributed by atoms with Gasteiger partial charge in [-0.25, -0.2) is 9.97 Å². The minimum absolute atomic E-state index is 0.249. The van der Waals surface area contributed by atoms with Crippen LogP contribution in [0.4, 0.5) is 5.82 Å². The van der Waals surface area contributed by atoms with Gasteiger partial charge in [-0.1, -0.05) is 35.9 Å². The molecule has 0 fully saturated rings. The Morgan fingerprint density at radius 3 is 2.67 bits per heavy atom. The van der Waals surface area contributed by atoms with Crippen LogP contribution in [0, 0.1) is 0 Å². The second-order valence-electron chi connectivity index (χ2n) is 4.67. The number of rotatable bonds is 4. The van der Waals surface area contributed by atoms with E-state index in [1.807, 2.05) is 42.5 Å². The Balaban J connectivity index is 1.76. The molecule has 2 aromatic carbocycles. The van der Waals surface area contributed by atoms with E-state index in [-0.39, 0.29) is 5.28 Å². The number of nitrogens with one attached hydrogen (secondary N) is 1. The lowest BCUT2D eigenvalue weighted by atomic mass is 10.1. The molecule has 1 heterocycles. The van der Waals surface area contributed by atoms with Crippen molar-refractivity contribution in [3.63, 3.8) is 0 Å². The molecule has 3 nitrogen and oxygen atoms in total. The molecule has 3 rings (SSSR count). The van der Waals surface area contributed by atoms with E-state index in [0.717, 1.165) is 34.7 Å². The molecule has 3 aromatic rings. The standard InChI is InChI=1S/C16H13Cl2N3/c17-12-5-3-4-11(10-12)8-9-19-15-13-6-1-2-7-14(13)20-16(18)21-15/h1-7,10H,8-9H2,(H,19,20,21). The van der Waals surface area contributed by atoms with Gasteiger partial charge in [-0.3, -0.25) is 0 Å². The minimum Gasteiger partial charge on any atom is -0.369 e. The van der Waals surface area contributed by atoms with Crippen molar-refractivity contribution in [2.24, 2.45) is 0 Å². The number of aromatic nitrogens is 2. The van der Waals surface area contributed by atoms with Crippen molar-refractivity contribution in [1.29, 1.82) is 0 Å². The quantitative estimate of drug-likeness (QED) is 0.715. The van der Waals surface area contributed by atoms with Crippen molar-refractivity contribution in [3.05, 3.63) is 64.4 Å². The van der Waals surface area contributed by atoms with Gasteiger partial charge in [0.2, 0.25) is 5.28 Å². The fourth-order valence-corrected chi connectivity index (χ4v) is 2.59. The molecule has 0 aliphatic carbocycles. The summed E-state index contributed by atoms with van der Waals surface area (Å²) in [5.74, 6) is 0.757. The maximum absolute atomic E-state index is 5.98. The molecule has 1 aromatic heterocycles. The van der Waals surface area contributed by atoms with Crippen LogP contribution >= 0.6 is 23.2 Å². The molecular weight excluding hydrogens is 305 g/mol. The number of fused-ring (bicyclic) bond motifs is 1. The summed E-state index contributed by atoms with van der Waals surface area (Å²) in [7, 11) is 0. The summed E-state index contributed by atoms with van der Waals surface area (Å²) in [6.45, 7) is 0.748. The zero-order valence-electron chi connectivity index (χ0n) is 11.2. The fraction of sp³-hybridized carbons (Fsp3) is 0.125. The first-order valence-corrected chi connectivity index (χ1v) is 7.38. The second-order valence-corrected chi connectivity index (χ2v) is 5.44. The van der Waals surface area contributed by atoms with Crippen molar-refractivity contribution >= 4 is 39.9 Å². The van der Waals surface area contributed by atoms with Crippen molar-refractivity contribution in [1.82, 2.24) is 9.97 Å². The van der Waals surface area contributed by atoms with Crippen molar-refractivity contribution in [3.8, 4) is 0 Å². The first-order chi connectivity index (χ1) is 10.2. The lowest BCUT2D eigenvalue weighted by molar-refractivity contribution is 1.01. The Bertz CT molecular complexity index is 774. The van der Waals surface area contributed by atoms with Gasteiger partial charge in [-0.2, -0.15) is 0 Å². The maximum atomic E-state index is 5.98. The van der Waals surface area contributed by atoms with Gasteiger partial charge < -0.3 is 5.32 Å². The summed E-state index contributed by atoms with van der Waals surface area (Å²) in [5, 5.41) is 5.29. The summed E-state index contributed by atoms with van der Waals surface area (Å²) in [5.41, 5.74) is 2.02. The first-order valence-electron chi connectivity index (χ1n) is 6.63. The number of anilines is 1. The summed E-state index contributed by atoms with van der Waals surface area (Å²) < 4.78 is 0. The monoisotopic (exact) mass is 317 g/mol. The molecule has 0 radical (unpaired) electrons. The third-order valence-corrected chi connectivity index (χ3v) is 3.58. The van der Waals surface area contributed by atoms with Crippen LogP contribution < -0.4 is 5.32 Å². The SMILES string of the molecule is Clc1cccc(CCNc2nc(Cl)nc3ccccc23)c1. The van der Waals surface area contributed by atoms with Gasteiger partial charge in [0.05, 0.1) is 5.52 Å². The van der Waals surface area contributed by atoms with Crippen LogP contribution in [0.25, 0.3) is 10.9 Å². The largest absolute Gasteiger partial charge is 0.369 e. The highest BCUT2D eigenvalue weighted by Crippen LogP contribution is 2.21. The number of para-hydroxylation sites is 1. The van der Waals surface area contributed by atoms with Crippen LogP contribution in [0.15, 0.2) is 48.5 Å². The Labute approximate surface area is 132 Å². The highest BCUT2D eigenvalue weighted by molar-refractivity contribution is 6.30. The van der Waals surface area contributed by atoms with E-state index in [4.69, 9.17) is 23.2 Å². The molecule has 0 bridgehead atoms. The molecule has 0 amide bonds. The van der Waals surface area contributed by atoms with Crippen LogP contribution in [0.2, 0.25) is 10.3 Å². The molecule has 0 saturated carbocycles. The molecular formula is C16H13Cl2N3. The predicted octanol–water partition coefficient (Wildman–Crippen LogP) is 4.59. The minimum atomic E-state index is 0.249. The second kappa shape index (κ2) is 6.29. The molecule has 0 saturated heterocycles. The van der Waals surface area contributed by atoms with Crippen molar-refractivity contribution in [2.45, 2.75) is 6.42 Å². The van der Waals surface area contributed by atoms with Gasteiger partial charge in [0, 0.05) is 17.0 Å². The zero-order valence-corrected chi connectivity index (χ0v) is 12.7. The highest BCUT2D eigenvalue weighted by Gasteiger charge is 2.05. The van der Waals surface area contributed by atoms with E-state index in [9.17, 15) is 0 Å². The van der Waals surface area contributed by atoms with Crippen LogP contribution in [0.1, 0.15) is 5.56 Å². The van der Waals surface area contributed by atoms with E-state index < -0.39 is 0 Å². The average Bonchev–Trinajstić information content (AvgIpc) is 2.47. The first kappa shape index (κ1) is 14.1. The number of nitrogens with zero attached hydrogens (tertiary/aromatic N) is 2. The molecule has 0 atom stereocenters. The lowest BCUT2D eigenvalue weighted by Crippen LogP contribution is -2.07. The van der Waals surface area contributed by atoms with E-state index in [1.54, 1.807) is 0 Å². The third kappa shape index (κ3) is 3.43. The molecule has 0 unspecified atom stereocenters. The Morgan fingerprint density at radius 2 is 1.81 bits per heavy atom. The van der Waals surface area contributed by atoms with E-state index in [1.165, 1.54) is 5.56 Å². The molecule has 1 N–H and O–H groups in total. The Kier molecular flexibility index (Phi) is 4.23.